The fraction of sp³-hybridized carbons (Fsp3) is 0.471. The first kappa shape index (κ1) is 14.7. The highest BCUT2D eigenvalue weighted by Gasteiger charge is 2.25. The fourth-order valence-electron chi connectivity index (χ4n) is 1.74. The second kappa shape index (κ2) is 5.51. The minimum absolute atomic E-state index is 0.0541. The third-order valence-electron chi connectivity index (χ3n) is 2.89. The molecule has 0 amide bonds. The lowest BCUT2D eigenvalue weighted by Crippen LogP contribution is -2.25. The number of allylic oxidation sites excluding steroid dienone is 2. The van der Waals surface area contributed by atoms with E-state index in [4.69, 9.17) is 0 Å². The summed E-state index contributed by atoms with van der Waals surface area (Å²) in [4.78, 5) is 12.2. The molecule has 1 heteroatoms. The van der Waals surface area contributed by atoms with Crippen molar-refractivity contribution < 1.29 is 4.79 Å². The maximum atomic E-state index is 12.2. The van der Waals surface area contributed by atoms with E-state index in [1.807, 2.05) is 38.1 Å². The van der Waals surface area contributed by atoms with Crippen molar-refractivity contribution in [1.82, 2.24) is 0 Å². The first-order valence-electron chi connectivity index (χ1n) is 6.48. The number of benzene rings is 1. The Morgan fingerprint density at radius 3 is 2.11 bits per heavy atom. The van der Waals surface area contributed by atoms with Crippen molar-refractivity contribution in [3.63, 3.8) is 0 Å². The van der Waals surface area contributed by atoms with Gasteiger partial charge in [-0.2, -0.15) is 0 Å². The Bertz CT molecular complexity index is 419. The number of carbonyl (C=O) groups excluding carboxylic acids is 1. The summed E-state index contributed by atoms with van der Waals surface area (Å²) in [5, 5.41) is 0. The highest BCUT2D eigenvalue weighted by atomic mass is 16.1. The van der Waals surface area contributed by atoms with E-state index in [1.165, 1.54) is 5.56 Å². The number of rotatable bonds is 4. The zero-order chi connectivity index (χ0) is 13.8. The molecule has 0 aliphatic rings. The van der Waals surface area contributed by atoms with E-state index in [1.54, 1.807) is 6.08 Å². The topological polar surface area (TPSA) is 17.1 Å². The van der Waals surface area contributed by atoms with Gasteiger partial charge in [-0.1, -0.05) is 71.0 Å². The summed E-state index contributed by atoms with van der Waals surface area (Å²) in [6, 6.07) is 10.2. The third kappa shape index (κ3) is 4.87. The molecule has 0 fully saturated rings. The molecule has 0 saturated carbocycles. The van der Waals surface area contributed by atoms with Crippen LogP contribution < -0.4 is 0 Å². The molecule has 1 rings (SSSR count). The molecule has 18 heavy (non-hydrogen) atoms. The van der Waals surface area contributed by atoms with Gasteiger partial charge in [-0.05, 0) is 23.5 Å². The van der Waals surface area contributed by atoms with Crippen LogP contribution in [0.4, 0.5) is 0 Å². The Hall–Kier alpha value is -1.37. The van der Waals surface area contributed by atoms with Crippen molar-refractivity contribution in [2.24, 2.45) is 10.8 Å². The van der Waals surface area contributed by atoms with Gasteiger partial charge in [0, 0.05) is 5.41 Å². The van der Waals surface area contributed by atoms with Gasteiger partial charge in [0.25, 0.3) is 0 Å². The van der Waals surface area contributed by atoms with Gasteiger partial charge in [0.05, 0.1) is 0 Å². The summed E-state index contributed by atoms with van der Waals surface area (Å²) in [6.45, 7) is 10.3. The summed E-state index contributed by atoms with van der Waals surface area (Å²) in [6.07, 6.45) is 4.51. The Morgan fingerprint density at radius 1 is 1.06 bits per heavy atom. The molecule has 0 unspecified atom stereocenters. The quantitative estimate of drug-likeness (QED) is 0.716. The van der Waals surface area contributed by atoms with Crippen LogP contribution >= 0.6 is 0 Å². The predicted molar refractivity (Wildman–Crippen MR) is 77.5 cm³/mol. The van der Waals surface area contributed by atoms with Crippen LogP contribution in [-0.4, -0.2) is 5.78 Å². The first-order valence-corrected chi connectivity index (χ1v) is 6.48. The molecule has 0 aliphatic heterocycles. The second-order valence-corrected chi connectivity index (χ2v) is 6.61. The SMILES string of the molecule is CC(C)(C)/C=C/C(=O)C(C)(C)Cc1ccccc1. The maximum absolute atomic E-state index is 12.2. The molecular weight excluding hydrogens is 220 g/mol. The monoisotopic (exact) mass is 244 g/mol. The summed E-state index contributed by atoms with van der Waals surface area (Å²) < 4.78 is 0. The van der Waals surface area contributed by atoms with E-state index in [0.29, 0.717) is 0 Å². The summed E-state index contributed by atoms with van der Waals surface area (Å²) in [5.74, 6) is 0.196. The van der Waals surface area contributed by atoms with Gasteiger partial charge in [0.1, 0.15) is 0 Å². The molecule has 0 heterocycles. The van der Waals surface area contributed by atoms with Gasteiger partial charge >= 0.3 is 0 Å². The molecule has 0 aromatic heterocycles. The molecule has 0 radical (unpaired) electrons. The van der Waals surface area contributed by atoms with Crippen LogP contribution in [0.1, 0.15) is 40.2 Å². The van der Waals surface area contributed by atoms with Gasteiger partial charge in [-0.3, -0.25) is 4.79 Å². The highest BCUT2D eigenvalue weighted by molar-refractivity contribution is 5.94. The number of ketones is 1. The van der Waals surface area contributed by atoms with E-state index in [0.717, 1.165) is 6.42 Å². The average Bonchev–Trinajstić information content (AvgIpc) is 2.25. The third-order valence-corrected chi connectivity index (χ3v) is 2.89. The van der Waals surface area contributed by atoms with Crippen LogP contribution in [0.5, 0.6) is 0 Å². The minimum atomic E-state index is -0.344. The Kier molecular flexibility index (Phi) is 4.50. The number of carbonyl (C=O) groups is 1. The summed E-state index contributed by atoms with van der Waals surface area (Å²) >= 11 is 0. The number of hydrogen-bond donors (Lipinski definition) is 0. The molecule has 0 N–H and O–H groups in total. The van der Waals surface area contributed by atoms with Crippen molar-refractivity contribution in [2.75, 3.05) is 0 Å². The smallest absolute Gasteiger partial charge is 0.161 e. The first-order chi connectivity index (χ1) is 8.21. The van der Waals surface area contributed by atoms with Crippen LogP contribution in [0.15, 0.2) is 42.5 Å². The molecule has 1 aromatic rings. The van der Waals surface area contributed by atoms with Crippen LogP contribution in [0.2, 0.25) is 0 Å². The number of hydrogen-bond acceptors (Lipinski definition) is 1. The van der Waals surface area contributed by atoms with Crippen LogP contribution in [0.25, 0.3) is 0 Å². The van der Waals surface area contributed by atoms with E-state index in [-0.39, 0.29) is 16.6 Å². The molecule has 0 saturated heterocycles. The van der Waals surface area contributed by atoms with E-state index < -0.39 is 0 Å². The predicted octanol–water partition coefficient (Wildman–Crippen LogP) is 4.43. The average molecular weight is 244 g/mol. The lowest BCUT2D eigenvalue weighted by atomic mass is 9.80. The van der Waals surface area contributed by atoms with Crippen LogP contribution in [0.3, 0.4) is 0 Å². The minimum Gasteiger partial charge on any atom is -0.294 e. The van der Waals surface area contributed by atoms with Crippen molar-refractivity contribution >= 4 is 5.78 Å². The fourth-order valence-corrected chi connectivity index (χ4v) is 1.74. The van der Waals surface area contributed by atoms with Gasteiger partial charge < -0.3 is 0 Å². The van der Waals surface area contributed by atoms with Crippen molar-refractivity contribution in [1.29, 1.82) is 0 Å². The maximum Gasteiger partial charge on any atom is 0.161 e. The molecule has 0 aliphatic carbocycles. The Morgan fingerprint density at radius 2 is 1.61 bits per heavy atom. The lowest BCUT2D eigenvalue weighted by molar-refractivity contribution is -0.122. The van der Waals surface area contributed by atoms with E-state index in [9.17, 15) is 4.79 Å². The van der Waals surface area contributed by atoms with Gasteiger partial charge in [-0.15, -0.1) is 0 Å². The molecule has 1 nitrogen and oxygen atoms in total. The van der Waals surface area contributed by atoms with Crippen molar-refractivity contribution in [2.45, 2.75) is 41.0 Å². The second-order valence-electron chi connectivity index (χ2n) is 6.61. The van der Waals surface area contributed by atoms with E-state index >= 15 is 0 Å². The highest BCUT2D eigenvalue weighted by Crippen LogP contribution is 2.25. The largest absolute Gasteiger partial charge is 0.294 e. The zero-order valence-corrected chi connectivity index (χ0v) is 12.2. The lowest BCUT2D eigenvalue weighted by Gasteiger charge is -2.22. The van der Waals surface area contributed by atoms with Crippen LogP contribution in [0, 0.1) is 10.8 Å². The van der Waals surface area contributed by atoms with E-state index in [2.05, 4.69) is 32.9 Å². The van der Waals surface area contributed by atoms with Gasteiger partial charge in [0.15, 0.2) is 5.78 Å². The Labute approximate surface area is 111 Å². The normalized spacial score (nSPS) is 12.9. The molecule has 1 aromatic carbocycles. The Balaban J connectivity index is 2.75. The van der Waals surface area contributed by atoms with Gasteiger partial charge in [-0.25, -0.2) is 0 Å². The van der Waals surface area contributed by atoms with Crippen LogP contribution in [-0.2, 0) is 11.2 Å². The van der Waals surface area contributed by atoms with Crippen molar-refractivity contribution in [3.05, 3.63) is 48.0 Å². The molecule has 0 spiro atoms. The van der Waals surface area contributed by atoms with Crippen molar-refractivity contribution in [3.8, 4) is 0 Å². The molecule has 98 valence electrons. The molecule has 0 atom stereocenters. The molecular formula is C17H24O. The zero-order valence-electron chi connectivity index (χ0n) is 12.2. The molecule has 0 bridgehead atoms. The standard InChI is InChI=1S/C17H24O/c1-16(2,3)12-11-15(18)17(4,5)13-14-9-7-6-8-10-14/h6-12H,13H2,1-5H3/b12-11+. The van der Waals surface area contributed by atoms with Gasteiger partial charge in [0.2, 0.25) is 0 Å². The summed E-state index contributed by atoms with van der Waals surface area (Å²) in [7, 11) is 0. The summed E-state index contributed by atoms with van der Waals surface area (Å²) in [5.41, 5.74) is 0.918.